The Hall–Kier alpha value is -2.58. The largest absolute Gasteiger partial charge is 0.481 e. The highest BCUT2D eigenvalue weighted by molar-refractivity contribution is 5.86. The summed E-state index contributed by atoms with van der Waals surface area (Å²) >= 11 is 0. The standard InChI is InChI=1S/C11H16N4O5/c1-15-5-3-7(14-15)2-4-12-11(20)13-8(10(18)19)6-9(16)17/h3,5,8H,2,4,6H2,1H3,(H,16,17)(H,18,19)(H2,12,13,20). The van der Waals surface area contributed by atoms with Crippen LogP contribution < -0.4 is 10.6 Å². The van der Waals surface area contributed by atoms with Crippen LogP contribution in [0, 0.1) is 0 Å². The number of urea groups is 1. The molecular weight excluding hydrogens is 268 g/mol. The summed E-state index contributed by atoms with van der Waals surface area (Å²) in [5.41, 5.74) is 0.785. The molecule has 0 aromatic carbocycles. The summed E-state index contributed by atoms with van der Waals surface area (Å²) in [5, 5.41) is 25.9. The Morgan fingerprint density at radius 3 is 2.60 bits per heavy atom. The topological polar surface area (TPSA) is 134 Å². The fraction of sp³-hybridized carbons (Fsp3) is 0.455. The Labute approximate surface area is 114 Å². The number of nitrogens with zero attached hydrogens (tertiary/aromatic N) is 2. The van der Waals surface area contributed by atoms with E-state index in [0.717, 1.165) is 5.69 Å². The van der Waals surface area contributed by atoms with Crippen molar-refractivity contribution < 1.29 is 24.6 Å². The molecule has 110 valence electrons. The molecule has 0 radical (unpaired) electrons. The molecule has 1 atom stereocenters. The minimum absolute atomic E-state index is 0.266. The molecule has 9 nitrogen and oxygen atoms in total. The van der Waals surface area contributed by atoms with Crippen molar-refractivity contribution in [1.29, 1.82) is 0 Å². The Balaban J connectivity index is 2.34. The summed E-state index contributed by atoms with van der Waals surface area (Å²) in [7, 11) is 1.77. The minimum atomic E-state index is -1.46. The smallest absolute Gasteiger partial charge is 0.326 e. The van der Waals surface area contributed by atoms with Gasteiger partial charge in [0.05, 0.1) is 12.1 Å². The van der Waals surface area contributed by atoms with Crippen LogP contribution in [0.5, 0.6) is 0 Å². The van der Waals surface area contributed by atoms with Gasteiger partial charge >= 0.3 is 18.0 Å². The lowest BCUT2D eigenvalue weighted by atomic mass is 10.2. The number of rotatable bonds is 7. The second kappa shape index (κ2) is 7.12. The molecule has 0 spiro atoms. The van der Waals surface area contributed by atoms with Gasteiger partial charge in [-0.3, -0.25) is 9.48 Å². The maximum Gasteiger partial charge on any atom is 0.326 e. The molecule has 0 aliphatic rings. The fourth-order valence-electron chi connectivity index (χ4n) is 1.48. The number of carboxylic acid groups (broad SMARTS) is 2. The fourth-order valence-corrected chi connectivity index (χ4v) is 1.48. The van der Waals surface area contributed by atoms with Gasteiger partial charge in [0.2, 0.25) is 0 Å². The van der Waals surface area contributed by atoms with Gasteiger partial charge in [-0.05, 0) is 6.07 Å². The van der Waals surface area contributed by atoms with Gasteiger partial charge in [-0.25, -0.2) is 9.59 Å². The molecule has 1 unspecified atom stereocenters. The number of carbonyl (C=O) groups excluding carboxylic acids is 1. The Morgan fingerprint density at radius 1 is 1.40 bits per heavy atom. The molecule has 2 amide bonds. The number of carbonyl (C=O) groups is 3. The van der Waals surface area contributed by atoms with E-state index in [1.807, 2.05) is 0 Å². The Morgan fingerprint density at radius 2 is 2.10 bits per heavy atom. The highest BCUT2D eigenvalue weighted by Crippen LogP contribution is 1.95. The summed E-state index contributed by atoms with van der Waals surface area (Å²) in [5.74, 6) is -2.70. The Kier molecular flexibility index (Phi) is 5.51. The SMILES string of the molecule is Cn1ccc(CCNC(=O)NC(CC(=O)O)C(=O)O)n1. The number of hydrogen-bond donors (Lipinski definition) is 4. The van der Waals surface area contributed by atoms with E-state index in [9.17, 15) is 14.4 Å². The summed E-state index contributed by atoms with van der Waals surface area (Å²) in [4.78, 5) is 32.6. The van der Waals surface area contributed by atoms with Gasteiger partial charge in [0, 0.05) is 26.2 Å². The van der Waals surface area contributed by atoms with Gasteiger partial charge in [0.1, 0.15) is 6.04 Å². The van der Waals surface area contributed by atoms with Gasteiger partial charge < -0.3 is 20.8 Å². The van der Waals surface area contributed by atoms with E-state index in [2.05, 4.69) is 15.7 Å². The van der Waals surface area contributed by atoms with E-state index in [4.69, 9.17) is 10.2 Å². The molecule has 0 aliphatic carbocycles. The highest BCUT2D eigenvalue weighted by atomic mass is 16.4. The number of aliphatic carboxylic acids is 2. The van der Waals surface area contributed by atoms with E-state index in [0.29, 0.717) is 6.42 Å². The van der Waals surface area contributed by atoms with Crippen molar-refractivity contribution in [3.63, 3.8) is 0 Å². The molecule has 0 aliphatic heterocycles. The molecule has 1 rings (SSSR count). The van der Waals surface area contributed by atoms with Crippen LogP contribution in [-0.2, 0) is 23.1 Å². The normalized spacial score (nSPS) is 11.7. The zero-order valence-electron chi connectivity index (χ0n) is 10.9. The summed E-state index contributed by atoms with van der Waals surface area (Å²) in [6.45, 7) is 0.266. The lowest BCUT2D eigenvalue weighted by Gasteiger charge is -2.12. The number of amides is 2. The zero-order valence-corrected chi connectivity index (χ0v) is 10.9. The van der Waals surface area contributed by atoms with E-state index in [1.54, 1.807) is 24.0 Å². The van der Waals surface area contributed by atoms with Gasteiger partial charge in [-0.1, -0.05) is 0 Å². The van der Waals surface area contributed by atoms with Crippen molar-refractivity contribution >= 4 is 18.0 Å². The van der Waals surface area contributed by atoms with E-state index in [1.165, 1.54) is 0 Å². The third-order valence-corrected chi connectivity index (χ3v) is 2.42. The molecule has 1 aromatic rings. The molecule has 9 heteroatoms. The Bertz CT molecular complexity index is 499. The van der Waals surface area contributed by atoms with Crippen LogP contribution in [0.4, 0.5) is 4.79 Å². The summed E-state index contributed by atoms with van der Waals surface area (Å²) in [6, 6.07) is -0.388. The van der Waals surface area contributed by atoms with Crippen LogP contribution in [0.3, 0.4) is 0 Å². The number of nitrogens with one attached hydrogen (secondary N) is 2. The van der Waals surface area contributed by atoms with Crippen LogP contribution in [0.1, 0.15) is 12.1 Å². The number of aryl methyl sites for hydroxylation is 1. The molecular formula is C11H16N4O5. The highest BCUT2D eigenvalue weighted by Gasteiger charge is 2.22. The summed E-state index contributed by atoms with van der Waals surface area (Å²) < 4.78 is 1.63. The predicted octanol–water partition coefficient (Wildman–Crippen LogP) is -0.810. The molecule has 4 N–H and O–H groups in total. The van der Waals surface area contributed by atoms with Crippen molar-refractivity contribution in [2.75, 3.05) is 6.54 Å². The first-order valence-corrected chi connectivity index (χ1v) is 5.86. The predicted molar refractivity (Wildman–Crippen MR) is 67.1 cm³/mol. The molecule has 0 fully saturated rings. The molecule has 0 saturated heterocycles. The maximum absolute atomic E-state index is 11.4. The summed E-state index contributed by atoms with van der Waals surface area (Å²) in [6.07, 6.45) is 1.58. The monoisotopic (exact) mass is 284 g/mol. The molecule has 0 bridgehead atoms. The van der Waals surface area contributed by atoms with Gasteiger partial charge in [0.15, 0.2) is 0 Å². The third kappa shape index (κ3) is 5.38. The van der Waals surface area contributed by atoms with Crippen molar-refractivity contribution in [1.82, 2.24) is 20.4 Å². The lowest BCUT2D eigenvalue weighted by molar-refractivity contribution is -0.145. The molecule has 1 heterocycles. The quantitative estimate of drug-likeness (QED) is 0.517. The maximum atomic E-state index is 11.4. The number of carboxylic acids is 2. The van der Waals surface area contributed by atoms with Crippen LogP contribution in [0.25, 0.3) is 0 Å². The van der Waals surface area contributed by atoms with Crippen LogP contribution >= 0.6 is 0 Å². The lowest BCUT2D eigenvalue weighted by Crippen LogP contribution is -2.47. The van der Waals surface area contributed by atoms with Crippen LogP contribution in [0.15, 0.2) is 12.3 Å². The number of hydrogen-bond acceptors (Lipinski definition) is 4. The van der Waals surface area contributed by atoms with E-state index >= 15 is 0 Å². The van der Waals surface area contributed by atoms with E-state index < -0.39 is 30.4 Å². The molecule has 0 saturated carbocycles. The molecule has 20 heavy (non-hydrogen) atoms. The van der Waals surface area contributed by atoms with Crippen molar-refractivity contribution in [2.45, 2.75) is 18.9 Å². The first-order chi connectivity index (χ1) is 9.38. The van der Waals surface area contributed by atoms with Crippen LogP contribution in [-0.4, -0.2) is 50.5 Å². The van der Waals surface area contributed by atoms with Crippen molar-refractivity contribution in [2.24, 2.45) is 7.05 Å². The number of aromatic nitrogens is 2. The molecule has 1 aromatic heterocycles. The van der Waals surface area contributed by atoms with Gasteiger partial charge in [0.25, 0.3) is 0 Å². The zero-order chi connectivity index (χ0) is 15.1. The van der Waals surface area contributed by atoms with E-state index in [-0.39, 0.29) is 6.54 Å². The minimum Gasteiger partial charge on any atom is -0.481 e. The average Bonchev–Trinajstić information content (AvgIpc) is 2.73. The van der Waals surface area contributed by atoms with Gasteiger partial charge in [-0.15, -0.1) is 0 Å². The van der Waals surface area contributed by atoms with Crippen LogP contribution in [0.2, 0.25) is 0 Å². The first kappa shape index (κ1) is 15.5. The first-order valence-electron chi connectivity index (χ1n) is 5.86. The second-order valence-electron chi connectivity index (χ2n) is 4.12. The second-order valence-corrected chi connectivity index (χ2v) is 4.12. The van der Waals surface area contributed by atoms with Crippen molar-refractivity contribution in [3.8, 4) is 0 Å². The van der Waals surface area contributed by atoms with Gasteiger partial charge in [-0.2, -0.15) is 5.10 Å². The average molecular weight is 284 g/mol. The van der Waals surface area contributed by atoms with Crippen molar-refractivity contribution in [3.05, 3.63) is 18.0 Å². The third-order valence-electron chi connectivity index (χ3n) is 2.42.